The standard InChI is InChI=1S/C8H20NO4P/c1-4-7-12-14(10,11)13-8-6-9(3)5-2/h4-8H2,1-3H3,(H,10,11)/p-1. The highest BCUT2D eigenvalue weighted by Gasteiger charge is 2.08. The van der Waals surface area contributed by atoms with Gasteiger partial charge in [0.15, 0.2) is 0 Å². The fourth-order valence-corrected chi connectivity index (χ4v) is 1.49. The van der Waals surface area contributed by atoms with Crippen molar-refractivity contribution in [1.82, 2.24) is 4.90 Å². The first-order valence-electron chi connectivity index (χ1n) is 4.80. The van der Waals surface area contributed by atoms with Crippen LogP contribution in [0.1, 0.15) is 20.3 Å². The highest BCUT2D eigenvalue weighted by atomic mass is 31.2. The lowest BCUT2D eigenvalue weighted by atomic mass is 10.5. The molecule has 0 aromatic heterocycles. The van der Waals surface area contributed by atoms with Crippen LogP contribution in [0, 0.1) is 0 Å². The summed E-state index contributed by atoms with van der Waals surface area (Å²) in [7, 11) is -2.16. The Hall–Kier alpha value is 0.0700. The van der Waals surface area contributed by atoms with Gasteiger partial charge in [0.1, 0.15) is 0 Å². The number of hydrogen-bond acceptors (Lipinski definition) is 5. The molecule has 0 saturated heterocycles. The molecule has 14 heavy (non-hydrogen) atoms. The van der Waals surface area contributed by atoms with Crippen LogP contribution in [0.4, 0.5) is 0 Å². The van der Waals surface area contributed by atoms with Gasteiger partial charge in [-0.15, -0.1) is 0 Å². The molecule has 86 valence electrons. The number of nitrogens with zero attached hydrogens (tertiary/aromatic N) is 1. The molecule has 0 N–H and O–H groups in total. The molecule has 5 nitrogen and oxygen atoms in total. The van der Waals surface area contributed by atoms with Crippen molar-refractivity contribution in [3.8, 4) is 0 Å². The minimum absolute atomic E-state index is 0.148. The SMILES string of the molecule is CCCOP(=O)([O-])OCCN(C)CC. The number of rotatable bonds is 8. The number of phosphoric acid groups is 1. The topological polar surface area (TPSA) is 61.8 Å². The number of likely N-dealkylation sites (N-methyl/N-ethyl adjacent to an activating group) is 1. The van der Waals surface area contributed by atoms with Crippen molar-refractivity contribution in [2.75, 3.05) is 33.4 Å². The lowest BCUT2D eigenvalue weighted by Gasteiger charge is -2.23. The molecule has 0 rings (SSSR count). The van der Waals surface area contributed by atoms with Gasteiger partial charge in [-0.05, 0) is 20.0 Å². The fourth-order valence-electron chi connectivity index (χ4n) is 0.707. The summed E-state index contributed by atoms with van der Waals surface area (Å²) in [5, 5.41) is 0. The van der Waals surface area contributed by atoms with E-state index in [-0.39, 0.29) is 13.2 Å². The molecule has 0 aliphatic carbocycles. The molecule has 6 heteroatoms. The van der Waals surface area contributed by atoms with E-state index in [1.54, 1.807) is 0 Å². The summed E-state index contributed by atoms with van der Waals surface area (Å²) in [5.74, 6) is 0. The van der Waals surface area contributed by atoms with Gasteiger partial charge in [-0.2, -0.15) is 0 Å². The Kier molecular flexibility index (Phi) is 7.41. The normalized spacial score (nSPS) is 15.8. The monoisotopic (exact) mass is 224 g/mol. The third kappa shape index (κ3) is 7.47. The highest BCUT2D eigenvalue weighted by Crippen LogP contribution is 2.37. The molecule has 0 saturated carbocycles. The quantitative estimate of drug-likeness (QED) is 0.572. The molecule has 0 aliphatic heterocycles. The molecule has 0 bridgehead atoms. The lowest BCUT2D eigenvalue weighted by Crippen LogP contribution is -2.23. The zero-order valence-corrected chi connectivity index (χ0v) is 9.96. The molecule has 1 unspecified atom stereocenters. The van der Waals surface area contributed by atoms with E-state index in [0.717, 1.165) is 6.54 Å². The Bertz CT molecular complexity index is 188. The van der Waals surface area contributed by atoms with Gasteiger partial charge in [0.05, 0.1) is 13.2 Å². The Morgan fingerprint density at radius 1 is 1.29 bits per heavy atom. The molecule has 0 spiro atoms. The van der Waals surface area contributed by atoms with Crippen LogP contribution < -0.4 is 4.89 Å². The summed E-state index contributed by atoms with van der Waals surface area (Å²) in [6.07, 6.45) is 0.657. The Balaban J connectivity index is 3.60. The van der Waals surface area contributed by atoms with Crippen LogP contribution in [0.25, 0.3) is 0 Å². The fraction of sp³-hybridized carbons (Fsp3) is 1.00. The second kappa shape index (κ2) is 7.37. The molecule has 0 fully saturated rings. The van der Waals surface area contributed by atoms with E-state index in [1.165, 1.54) is 0 Å². The molecule has 0 aliphatic rings. The maximum atomic E-state index is 11.0. The van der Waals surface area contributed by atoms with Gasteiger partial charge < -0.3 is 18.8 Å². The van der Waals surface area contributed by atoms with E-state index in [9.17, 15) is 9.46 Å². The minimum Gasteiger partial charge on any atom is -0.756 e. The summed E-state index contributed by atoms with van der Waals surface area (Å²) < 4.78 is 20.2. The number of hydrogen-bond donors (Lipinski definition) is 0. The van der Waals surface area contributed by atoms with Gasteiger partial charge in [0.2, 0.25) is 0 Å². The molecule has 0 amide bonds. The third-order valence-corrected chi connectivity index (χ3v) is 2.71. The summed E-state index contributed by atoms with van der Waals surface area (Å²) in [6, 6.07) is 0. The van der Waals surface area contributed by atoms with Crippen LogP contribution in [-0.4, -0.2) is 38.3 Å². The van der Waals surface area contributed by atoms with Crippen molar-refractivity contribution in [3.63, 3.8) is 0 Å². The van der Waals surface area contributed by atoms with Crippen molar-refractivity contribution in [2.45, 2.75) is 20.3 Å². The van der Waals surface area contributed by atoms with Gasteiger partial charge in [0, 0.05) is 6.54 Å². The summed E-state index contributed by atoms with van der Waals surface area (Å²) in [5.41, 5.74) is 0. The highest BCUT2D eigenvalue weighted by molar-refractivity contribution is 7.45. The van der Waals surface area contributed by atoms with Crippen LogP contribution in [0.2, 0.25) is 0 Å². The molecule has 0 aromatic rings. The predicted molar refractivity (Wildman–Crippen MR) is 53.0 cm³/mol. The van der Waals surface area contributed by atoms with Crippen molar-refractivity contribution in [2.24, 2.45) is 0 Å². The van der Waals surface area contributed by atoms with Crippen molar-refractivity contribution in [3.05, 3.63) is 0 Å². The first-order valence-corrected chi connectivity index (χ1v) is 6.26. The van der Waals surface area contributed by atoms with Crippen LogP contribution >= 0.6 is 7.82 Å². The van der Waals surface area contributed by atoms with Crippen molar-refractivity contribution >= 4 is 7.82 Å². The van der Waals surface area contributed by atoms with Gasteiger partial charge in [-0.3, -0.25) is 4.57 Å². The van der Waals surface area contributed by atoms with Crippen LogP contribution in [-0.2, 0) is 13.6 Å². The third-order valence-electron chi connectivity index (χ3n) is 1.72. The van der Waals surface area contributed by atoms with Crippen molar-refractivity contribution < 1.29 is 18.5 Å². The van der Waals surface area contributed by atoms with Crippen LogP contribution in [0.5, 0.6) is 0 Å². The number of phosphoric ester groups is 1. The zero-order chi connectivity index (χ0) is 11.0. The average Bonchev–Trinajstić information content (AvgIpc) is 2.14. The Morgan fingerprint density at radius 2 is 1.86 bits per heavy atom. The summed E-state index contributed by atoms with van der Waals surface area (Å²) in [6.45, 7) is 5.61. The lowest BCUT2D eigenvalue weighted by molar-refractivity contribution is -0.225. The Morgan fingerprint density at radius 3 is 2.36 bits per heavy atom. The molecule has 0 aromatic carbocycles. The van der Waals surface area contributed by atoms with Crippen LogP contribution in [0.3, 0.4) is 0 Å². The van der Waals surface area contributed by atoms with E-state index < -0.39 is 7.82 Å². The largest absolute Gasteiger partial charge is 0.756 e. The van der Waals surface area contributed by atoms with Gasteiger partial charge in [-0.25, -0.2) is 0 Å². The van der Waals surface area contributed by atoms with E-state index in [1.807, 2.05) is 25.8 Å². The van der Waals surface area contributed by atoms with E-state index in [4.69, 9.17) is 0 Å². The molecular formula is C8H19NO4P-. The molecule has 0 heterocycles. The zero-order valence-electron chi connectivity index (χ0n) is 9.06. The van der Waals surface area contributed by atoms with E-state index >= 15 is 0 Å². The second-order valence-corrected chi connectivity index (χ2v) is 4.42. The van der Waals surface area contributed by atoms with Gasteiger partial charge in [-0.1, -0.05) is 13.8 Å². The molecule has 1 atom stereocenters. The van der Waals surface area contributed by atoms with Gasteiger partial charge >= 0.3 is 0 Å². The second-order valence-electron chi connectivity index (χ2n) is 3.01. The van der Waals surface area contributed by atoms with E-state index in [0.29, 0.717) is 13.0 Å². The van der Waals surface area contributed by atoms with Crippen LogP contribution in [0.15, 0.2) is 0 Å². The molecule has 0 radical (unpaired) electrons. The minimum atomic E-state index is -4.05. The Labute approximate surface area is 85.6 Å². The van der Waals surface area contributed by atoms with Gasteiger partial charge in [0.25, 0.3) is 7.82 Å². The first-order chi connectivity index (χ1) is 6.52. The van der Waals surface area contributed by atoms with Crippen molar-refractivity contribution in [1.29, 1.82) is 0 Å². The van der Waals surface area contributed by atoms with E-state index in [2.05, 4.69) is 9.05 Å². The maximum absolute atomic E-state index is 11.0. The smallest absolute Gasteiger partial charge is 0.267 e. The first kappa shape index (κ1) is 14.1. The molecular weight excluding hydrogens is 205 g/mol. The average molecular weight is 224 g/mol. The predicted octanol–water partition coefficient (Wildman–Crippen LogP) is 0.850. The summed E-state index contributed by atoms with van der Waals surface area (Å²) >= 11 is 0. The summed E-state index contributed by atoms with van der Waals surface area (Å²) in [4.78, 5) is 13.0. The maximum Gasteiger partial charge on any atom is 0.267 e.